The summed E-state index contributed by atoms with van der Waals surface area (Å²) in [6.45, 7) is 0. The van der Waals surface area contributed by atoms with Crippen molar-refractivity contribution in [3.63, 3.8) is 0 Å². The van der Waals surface area contributed by atoms with E-state index in [1.807, 2.05) is 30.3 Å². The summed E-state index contributed by atoms with van der Waals surface area (Å²) in [4.78, 5) is 12.3. The molecule has 104 valence electrons. The summed E-state index contributed by atoms with van der Waals surface area (Å²) in [5, 5.41) is 15.5. The summed E-state index contributed by atoms with van der Waals surface area (Å²) in [6.07, 6.45) is 3.98. The predicted molar refractivity (Wildman–Crippen MR) is 75.7 cm³/mol. The lowest BCUT2D eigenvalue weighted by molar-refractivity contribution is -0.124. The molecule has 0 radical (unpaired) electrons. The molecule has 0 spiro atoms. The van der Waals surface area contributed by atoms with Crippen LogP contribution in [0.25, 0.3) is 0 Å². The number of benzene rings is 1. The topological polar surface area (TPSA) is 64.9 Å². The van der Waals surface area contributed by atoms with Crippen LogP contribution in [0.5, 0.6) is 0 Å². The van der Waals surface area contributed by atoms with E-state index in [0.29, 0.717) is 18.4 Å². The van der Waals surface area contributed by atoms with E-state index >= 15 is 0 Å². The molecular weight excluding hydrogens is 250 g/mol. The van der Waals surface area contributed by atoms with Crippen LogP contribution >= 0.6 is 0 Å². The quantitative estimate of drug-likeness (QED) is 0.868. The highest BCUT2D eigenvalue weighted by molar-refractivity contribution is 5.83. The molecule has 1 aliphatic heterocycles. The molecule has 2 bridgehead atoms. The Bertz CT molecular complexity index is 522. The second-order valence-electron chi connectivity index (χ2n) is 5.79. The number of amides is 1. The van der Waals surface area contributed by atoms with Crippen molar-refractivity contribution in [2.24, 2.45) is 5.92 Å². The van der Waals surface area contributed by atoms with Crippen LogP contribution in [0.15, 0.2) is 30.3 Å². The highest BCUT2D eigenvalue weighted by Crippen LogP contribution is 2.35. The minimum atomic E-state index is -0.453. The van der Waals surface area contributed by atoms with Gasteiger partial charge in [0.1, 0.15) is 6.04 Å². The van der Waals surface area contributed by atoms with Gasteiger partial charge in [0.05, 0.1) is 12.1 Å². The van der Waals surface area contributed by atoms with Crippen molar-refractivity contribution in [1.29, 1.82) is 5.26 Å². The second-order valence-corrected chi connectivity index (χ2v) is 5.79. The number of piperidine rings is 1. The maximum absolute atomic E-state index is 12.3. The molecule has 1 aromatic rings. The summed E-state index contributed by atoms with van der Waals surface area (Å²) in [6, 6.07) is 11.9. The molecule has 2 N–H and O–H groups in total. The van der Waals surface area contributed by atoms with Crippen LogP contribution in [0.4, 0.5) is 0 Å². The van der Waals surface area contributed by atoms with Crippen LogP contribution in [0.1, 0.15) is 24.8 Å². The number of nitriles is 1. The summed E-state index contributed by atoms with van der Waals surface area (Å²) in [5.74, 6) is 0.441. The van der Waals surface area contributed by atoms with Crippen molar-refractivity contribution in [2.75, 3.05) is 0 Å². The zero-order chi connectivity index (χ0) is 13.9. The molecule has 1 amide bonds. The van der Waals surface area contributed by atoms with E-state index in [1.54, 1.807) is 0 Å². The fourth-order valence-corrected chi connectivity index (χ4v) is 3.39. The highest BCUT2D eigenvalue weighted by Gasteiger charge is 2.42. The SMILES string of the molecule is N#C[C@H](Cc1ccccc1)NC(=O)[C@H]1N[C@@H]2CC[C@H]1C2. The smallest absolute Gasteiger partial charge is 0.238 e. The molecule has 4 atom stereocenters. The van der Waals surface area contributed by atoms with Gasteiger partial charge in [-0.3, -0.25) is 4.79 Å². The minimum Gasteiger partial charge on any atom is -0.339 e. The van der Waals surface area contributed by atoms with Gasteiger partial charge in [-0.25, -0.2) is 0 Å². The fourth-order valence-electron chi connectivity index (χ4n) is 3.39. The van der Waals surface area contributed by atoms with E-state index in [2.05, 4.69) is 16.7 Å². The Morgan fingerprint density at radius 2 is 2.20 bits per heavy atom. The van der Waals surface area contributed by atoms with Crippen molar-refractivity contribution in [3.8, 4) is 6.07 Å². The fraction of sp³-hybridized carbons (Fsp3) is 0.500. The number of nitrogens with zero attached hydrogens (tertiary/aromatic N) is 1. The van der Waals surface area contributed by atoms with E-state index < -0.39 is 6.04 Å². The maximum atomic E-state index is 12.3. The first-order valence-corrected chi connectivity index (χ1v) is 7.26. The first-order valence-electron chi connectivity index (χ1n) is 7.26. The normalized spacial score (nSPS) is 28.9. The Balaban J connectivity index is 1.58. The molecule has 2 fully saturated rings. The standard InChI is InChI=1S/C16H19N3O/c17-10-14(8-11-4-2-1-3-5-11)19-16(20)15-12-6-7-13(9-12)18-15/h1-5,12-15,18H,6-9H2,(H,19,20)/t12-,13+,14-,15-/m0/s1. The minimum absolute atomic E-state index is 0.0142. The third kappa shape index (κ3) is 2.68. The van der Waals surface area contributed by atoms with Crippen molar-refractivity contribution >= 4 is 5.91 Å². The summed E-state index contributed by atoms with van der Waals surface area (Å²) < 4.78 is 0. The average molecular weight is 269 g/mol. The van der Waals surface area contributed by atoms with Gasteiger partial charge in [-0.2, -0.15) is 5.26 Å². The molecule has 1 aliphatic carbocycles. The van der Waals surface area contributed by atoms with Crippen molar-refractivity contribution in [1.82, 2.24) is 10.6 Å². The van der Waals surface area contributed by atoms with Gasteiger partial charge < -0.3 is 10.6 Å². The first-order chi connectivity index (χ1) is 9.76. The van der Waals surface area contributed by atoms with E-state index in [-0.39, 0.29) is 11.9 Å². The second kappa shape index (κ2) is 5.64. The van der Waals surface area contributed by atoms with Crippen LogP contribution in [0.2, 0.25) is 0 Å². The van der Waals surface area contributed by atoms with Crippen molar-refractivity contribution < 1.29 is 4.79 Å². The molecule has 0 aromatic heterocycles. The molecule has 20 heavy (non-hydrogen) atoms. The summed E-state index contributed by atoms with van der Waals surface area (Å²) in [5.41, 5.74) is 1.07. The van der Waals surface area contributed by atoms with Gasteiger partial charge in [-0.1, -0.05) is 30.3 Å². The van der Waals surface area contributed by atoms with Gasteiger partial charge in [0, 0.05) is 12.5 Å². The number of hydrogen-bond acceptors (Lipinski definition) is 3. The average Bonchev–Trinajstić information content (AvgIpc) is 3.10. The van der Waals surface area contributed by atoms with E-state index in [0.717, 1.165) is 18.4 Å². The molecule has 1 heterocycles. The highest BCUT2D eigenvalue weighted by atomic mass is 16.2. The number of fused-ring (bicyclic) bond motifs is 2. The van der Waals surface area contributed by atoms with Gasteiger partial charge in [0.15, 0.2) is 0 Å². The van der Waals surface area contributed by atoms with Crippen LogP contribution in [-0.4, -0.2) is 24.0 Å². The first kappa shape index (κ1) is 13.1. The van der Waals surface area contributed by atoms with Crippen LogP contribution in [0.3, 0.4) is 0 Å². The zero-order valence-corrected chi connectivity index (χ0v) is 11.4. The van der Waals surface area contributed by atoms with Gasteiger partial charge in [-0.05, 0) is 30.7 Å². The lowest BCUT2D eigenvalue weighted by Gasteiger charge is -2.23. The molecular formula is C16H19N3O. The molecule has 2 aliphatic rings. The lowest BCUT2D eigenvalue weighted by atomic mass is 9.98. The lowest BCUT2D eigenvalue weighted by Crippen LogP contribution is -2.50. The Morgan fingerprint density at radius 3 is 2.80 bits per heavy atom. The molecule has 4 nitrogen and oxygen atoms in total. The van der Waals surface area contributed by atoms with Crippen molar-refractivity contribution in [3.05, 3.63) is 35.9 Å². The molecule has 0 unspecified atom stereocenters. The number of carbonyl (C=O) groups excluding carboxylic acids is 1. The van der Waals surface area contributed by atoms with Gasteiger partial charge in [0.25, 0.3) is 0 Å². The third-order valence-electron chi connectivity index (χ3n) is 4.40. The number of nitrogens with one attached hydrogen (secondary N) is 2. The molecule has 3 rings (SSSR count). The number of rotatable bonds is 4. The van der Waals surface area contributed by atoms with Crippen LogP contribution < -0.4 is 10.6 Å². The molecule has 4 heteroatoms. The van der Waals surface area contributed by atoms with E-state index in [1.165, 1.54) is 6.42 Å². The summed E-state index contributed by atoms with van der Waals surface area (Å²) >= 11 is 0. The number of carbonyl (C=O) groups is 1. The van der Waals surface area contributed by atoms with Gasteiger partial charge in [-0.15, -0.1) is 0 Å². The summed E-state index contributed by atoms with van der Waals surface area (Å²) in [7, 11) is 0. The van der Waals surface area contributed by atoms with Crippen molar-refractivity contribution in [2.45, 2.75) is 43.8 Å². The van der Waals surface area contributed by atoms with Crippen LogP contribution in [-0.2, 0) is 11.2 Å². The monoisotopic (exact) mass is 269 g/mol. The largest absolute Gasteiger partial charge is 0.339 e. The Hall–Kier alpha value is -1.86. The maximum Gasteiger partial charge on any atom is 0.238 e. The molecule has 1 saturated carbocycles. The Morgan fingerprint density at radius 1 is 1.40 bits per heavy atom. The van der Waals surface area contributed by atoms with E-state index in [9.17, 15) is 10.1 Å². The Labute approximate surface area is 119 Å². The van der Waals surface area contributed by atoms with Gasteiger partial charge >= 0.3 is 0 Å². The molecule has 1 aromatic carbocycles. The van der Waals surface area contributed by atoms with E-state index in [4.69, 9.17) is 0 Å². The third-order valence-corrected chi connectivity index (χ3v) is 4.40. The predicted octanol–water partition coefficient (Wildman–Crippen LogP) is 1.38. The van der Waals surface area contributed by atoms with Crippen LogP contribution in [0, 0.1) is 17.2 Å². The Kier molecular flexibility index (Phi) is 3.70. The number of hydrogen-bond donors (Lipinski definition) is 2. The van der Waals surface area contributed by atoms with Gasteiger partial charge in [0.2, 0.25) is 5.91 Å². The molecule has 1 saturated heterocycles. The zero-order valence-electron chi connectivity index (χ0n) is 11.4.